The molecule has 1 heterocycles. The van der Waals surface area contributed by atoms with Gasteiger partial charge in [-0.3, -0.25) is 9.59 Å². The predicted molar refractivity (Wildman–Crippen MR) is 68.6 cm³/mol. The minimum Gasteiger partial charge on any atom is -0.466 e. The van der Waals surface area contributed by atoms with Crippen LogP contribution in [0, 0.1) is 5.92 Å². The number of esters is 1. The van der Waals surface area contributed by atoms with E-state index in [1.54, 1.807) is 18.9 Å². The predicted octanol–water partition coefficient (Wildman–Crippen LogP) is 0.451. The smallest absolute Gasteiger partial charge is 0.310 e. The van der Waals surface area contributed by atoms with Gasteiger partial charge in [0.15, 0.2) is 0 Å². The van der Waals surface area contributed by atoms with Gasteiger partial charge in [0.25, 0.3) is 0 Å². The van der Waals surface area contributed by atoms with Crippen LogP contribution in [0.1, 0.15) is 19.8 Å². The number of amides is 1. The Labute approximate surface area is 114 Å². The van der Waals surface area contributed by atoms with Crippen molar-refractivity contribution in [1.29, 1.82) is 0 Å². The van der Waals surface area contributed by atoms with Crippen molar-refractivity contribution in [2.75, 3.05) is 46.6 Å². The summed E-state index contributed by atoms with van der Waals surface area (Å²) in [6.45, 7) is 4.19. The van der Waals surface area contributed by atoms with Crippen LogP contribution in [-0.4, -0.2) is 63.4 Å². The van der Waals surface area contributed by atoms with Crippen molar-refractivity contribution in [2.24, 2.45) is 5.92 Å². The van der Waals surface area contributed by atoms with Crippen LogP contribution in [0.3, 0.4) is 0 Å². The third kappa shape index (κ3) is 5.57. The summed E-state index contributed by atoms with van der Waals surface area (Å²) < 4.78 is 15.0. The average Bonchev–Trinajstić information content (AvgIpc) is 2.44. The Hall–Kier alpha value is -1.14. The third-order valence-electron chi connectivity index (χ3n) is 3.05. The van der Waals surface area contributed by atoms with Crippen LogP contribution >= 0.6 is 0 Å². The van der Waals surface area contributed by atoms with E-state index < -0.39 is 0 Å². The highest BCUT2D eigenvalue weighted by Crippen LogP contribution is 2.18. The highest BCUT2D eigenvalue weighted by atomic mass is 16.5. The van der Waals surface area contributed by atoms with Gasteiger partial charge in [-0.15, -0.1) is 0 Å². The van der Waals surface area contributed by atoms with Gasteiger partial charge in [-0.1, -0.05) is 0 Å². The summed E-state index contributed by atoms with van der Waals surface area (Å²) in [5.74, 6) is -0.484. The Morgan fingerprint density at radius 3 is 2.79 bits per heavy atom. The molecule has 0 unspecified atom stereocenters. The van der Waals surface area contributed by atoms with Gasteiger partial charge in [0.2, 0.25) is 5.91 Å². The van der Waals surface area contributed by atoms with E-state index in [0.29, 0.717) is 32.9 Å². The quantitative estimate of drug-likeness (QED) is 0.498. The molecule has 0 aromatic heterocycles. The van der Waals surface area contributed by atoms with E-state index in [-0.39, 0.29) is 24.4 Å². The van der Waals surface area contributed by atoms with Crippen molar-refractivity contribution in [1.82, 2.24) is 4.90 Å². The highest BCUT2D eigenvalue weighted by molar-refractivity contribution is 5.79. The molecule has 6 heteroatoms. The number of rotatable bonds is 7. The van der Waals surface area contributed by atoms with Crippen LogP contribution in [-0.2, 0) is 23.8 Å². The molecule has 0 radical (unpaired) electrons. The summed E-state index contributed by atoms with van der Waals surface area (Å²) in [5, 5.41) is 0. The molecule has 0 aromatic rings. The van der Waals surface area contributed by atoms with Crippen molar-refractivity contribution >= 4 is 11.9 Å². The number of likely N-dealkylation sites (tertiary alicyclic amines) is 1. The fourth-order valence-corrected chi connectivity index (χ4v) is 2.05. The summed E-state index contributed by atoms with van der Waals surface area (Å²) >= 11 is 0. The lowest BCUT2D eigenvalue weighted by atomic mass is 9.98. The van der Waals surface area contributed by atoms with Crippen LogP contribution in [0.2, 0.25) is 0 Å². The van der Waals surface area contributed by atoms with Gasteiger partial charge in [0.1, 0.15) is 6.61 Å². The molecule has 1 atom stereocenters. The van der Waals surface area contributed by atoms with Gasteiger partial charge in [0.05, 0.1) is 25.7 Å². The summed E-state index contributed by atoms with van der Waals surface area (Å²) in [6.07, 6.45) is 1.61. The standard InChI is InChI=1S/C13H23NO5/c1-3-19-13(16)11-5-4-6-14(9-11)12(15)10-18-8-7-17-2/h11H,3-10H2,1-2H3/t11-/m0/s1. The van der Waals surface area contributed by atoms with E-state index in [9.17, 15) is 9.59 Å². The minimum atomic E-state index is -0.208. The zero-order valence-electron chi connectivity index (χ0n) is 11.7. The summed E-state index contributed by atoms with van der Waals surface area (Å²) in [4.78, 5) is 25.2. The van der Waals surface area contributed by atoms with Gasteiger partial charge in [-0.2, -0.15) is 0 Å². The zero-order chi connectivity index (χ0) is 14.1. The number of piperidine rings is 1. The Morgan fingerprint density at radius 1 is 1.32 bits per heavy atom. The van der Waals surface area contributed by atoms with Crippen molar-refractivity contribution in [3.8, 4) is 0 Å². The van der Waals surface area contributed by atoms with Crippen molar-refractivity contribution in [3.63, 3.8) is 0 Å². The lowest BCUT2D eigenvalue weighted by Crippen LogP contribution is -2.44. The topological polar surface area (TPSA) is 65.1 Å². The molecule has 1 fully saturated rings. The van der Waals surface area contributed by atoms with Gasteiger partial charge < -0.3 is 19.1 Å². The summed E-state index contributed by atoms with van der Waals surface area (Å²) in [7, 11) is 1.58. The average molecular weight is 273 g/mol. The Balaban J connectivity index is 2.32. The molecule has 0 N–H and O–H groups in total. The first-order valence-corrected chi connectivity index (χ1v) is 6.70. The number of hydrogen-bond acceptors (Lipinski definition) is 5. The molecule has 110 valence electrons. The molecule has 6 nitrogen and oxygen atoms in total. The second-order valence-electron chi connectivity index (χ2n) is 4.48. The van der Waals surface area contributed by atoms with Gasteiger partial charge in [0, 0.05) is 20.2 Å². The molecule has 0 saturated carbocycles. The number of ether oxygens (including phenoxy) is 3. The van der Waals surface area contributed by atoms with Gasteiger partial charge in [-0.05, 0) is 19.8 Å². The molecular weight excluding hydrogens is 250 g/mol. The first-order valence-electron chi connectivity index (χ1n) is 6.70. The Bertz CT molecular complexity index is 295. The molecule has 0 aromatic carbocycles. The van der Waals surface area contributed by atoms with Gasteiger partial charge >= 0.3 is 5.97 Å². The lowest BCUT2D eigenvalue weighted by molar-refractivity contribution is -0.152. The molecule has 1 aliphatic heterocycles. The van der Waals surface area contributed by atoms with E-state index in [2.05, 4.69) is 0 Å². The molecule has 0 spiro atoms. The first-order chi connectivity index (χ1) is 9.19. The van der Waals surface area contributed by atoms with Gasteiger partial charge in [-0.25, -0.2) is 0 Å². The maximum absolute atomic E-state index is 11.9. The van der Waals surface area contributed by atoms with Crippen LogP contribution < -0.4 is 0 Å². The first kappa shape index (κ1) is 15.9. The van der Waals surface area contributed by atoms with E-state index in [1.807, 2.05) is 0 Å². The van der Waals surface area contributed by atoms with Crippen LogP contribution in [0.15, 0.2) is 0 Å². The van der Waals surface area contributed by atoms with Crippen LogP contribution in [0.4, 0.5) is 0 Å². The highest BCUT2D eigenvalue weighted by Gasteiger charge is 2.29. The lowest BCUT2D eigenvalue weighted by Gasteiger charge is -2.31. The van der Waals surface area contributed by atoms with Crippen LogP contribution in [0.25, 0.3) is 0 Å². The van der Waals surface area contributed by atoms with Crippen LogP contribution in [0.5, 0.6) is 0 Å². The minimum absolute atomic E-state index is 0.0406. The number of carbonyl (C=O) groups is 2. The van der Waals surface area contributed by atoms with E-state index >= 15 is 0 Å². The molecule has 1 amide bonds. The summed E-state index contributed by atoms with van der Waals surface area (Å²) in [5.41, 5.74) is 0. The van der Waals surface area contributed by atoms with Crippen molar-refractivity contribution < 1.29 is 23.8 Å². The Morgan fingerprint density at radius 2 is 2.11 bits per heavy atom. The molecule has 1 aliphatic rings. The Kier molecular flexibility index (Phi) is 7.43. The van der Waals surface area contributed by atoms with E-state index in [4.69, 9.17) is 14.2 Å². The van der Waals surface area contributed by atoms with Crippen molar-refractivity contribution in [3.05, 3.63) is 0 Å². The molecule has 0 bridgehead atoms. The maximum Gasteiger partial charge on any atom is 0.310 e. The van der Waals surface area contributed by atoms with Crippen molar-refractivity contribution in [2.45, 2.75) is 19.8 Å². The van der Waals surface area contributed by atoms with E-state index in [0.717, 1.165) is 12.8 Å². The number of hydrogen-bond donors (Lipinski definition) is 0. The molecular formula is C13H23NO5. The molecule has 0 aliphatic carbocycles. The number of methoxy groups -OCH3 is 1. The fraction of sp³-hybridized carbons (Fsp3) is 0.846. The third-order valence-corrected chi connectivity index (χ3v) is 3.05. The number of carbonyl (C=O) groups excluding carboxylic acids is 2. The molecule has 1 saturated heterocycles. The largest absolute Gasteiger partial charge is 0.466 e. The summed E-state index contributed by atoms with van der Waals surface area (Å²) in [6, 6.07) is 0. The normalized spacial score (nSPS) is 19.3. The fourth-order valence-electron chi connectivity index (χ4n) is 2.05. The SMILES string of the molecule is CCOC(=O)[C@H]1CCCN(C(=O)COCCOC)C1. The monoisotopic (exact) mass is 273 g/mol. The maximum atomic E-state index is 11.9. The van der Waals surface area contributed by atoms with E-state index in [1.165, 1.54) is 0 Å². The second-order valence-corrected chi connectivity index (χ2v) is 4.48. The zero-order valence-corrected chi connectivity index (χ0v) is 11.7. The number of nitrogens with zero attached hydrogens (tertiary/aromatic N) is 1. The second kappa shape index (κ2) is 8.87. The molecule has 1 rings (SSSR count). The molecule has 19 heavy (non-hydrogen) atoms.